The van der Waals surface area contributed by atoms with Gasteiger partial charge in [0.1, 0.15) is 35.6 Å². The Labute approximate surface area is 399 Å². The van der Waals surface area contributed by atoms with Gasteiger partial charge in [0.2, 0.25) is 12.1 Å². The molecule has 2 amide bonds. The molecule has 368 valence electrons. The van der Waals surface area contributed by atoms with Gasteiger partial charge < -0.3 is 57.8 Å². The first-order chi connectivity index (χ1) is 33.2. The number of anilines is 1. The Morgan fingerprint density at radius 3 is 2.49 bits per heavy atom. The van der Waals surface area contributed by atoms with E-state index in [0.717, 1.165) is 55.2 Å². The van der Waals surface area contributed by atoms with Gasteiger partial charge in [0.05, 0.1) is 58.0 Å². The molecule has 2 heterocycles. The molecule has 1 saturated carbocycles. The van der Waals surface area contributed by atoms with Gasteiger partial charge in [-0.25, -0.2) is 9.59 Å². The molecule has 0 bridgehead atoms. The maximum atomic E-state index is 14.3. The number of aliphatic hydroxyl groups is 2. The Kier molecular flexibility index (Phi) is 18.2. The Balaban J connectivity index is 1.29. The number of unbranched alkanes of at least 4 members (excludes halogenated alkanes) is 2. The van der Waals surface area contributed by atoms with Crippen LogP contribution in [0.25, 0.3) is 0 Å². The van der Waals surface area contributed by atoms with Crippen molar-refractivity contribution >= 4 is 23.6 Å². The van der Waals surface area contributed by atoms with E-state index in [-0.39, 0.29) is 63.0 Å². The Bertz CT molecular complexity index is 2200. The fourth-order valence-corrected chi connectivity index (χ4v) is 10.0. The van der Waals surface area contributed by atoms with Crippen molar-refractivity contribution < 1.29 is 62.5 Å². The van der Waals surface area contributed by atoms with Gasteiger partial charge in [-0.15, -0.1) is 6.58 Å². The van der Waals surface area contributed by atoms with E-state index in [4.69, 9.17) is 47.9 Å². The molecule has 7 rings (SSSR count). The number of oxime groups is 1. The van der Waals surface area contributed by atoms with E-state index in [2.05, 4.69) is 18.0 Å². The number of aliphatic hydroxyl groups excluding tert-OH is 2. The SMILES string of the molecule is C=CCOC12Oc3ccc(OC(=O)Nc4ccc(OC)cc4OC)cc3C3C(CCCCO)C(CCCCO)C=C(C(=NOC4CCCCO4)CC1N(C)C(=O)OCCOCc1ccccc1)C32. The molecule has 0 aromatic heterocycles. The maximum Gasteiger partial charge on any atom is 0.417 e. The van der Waals surface area contributed by atoms with Crippen LogP contribution in [0, 0.1) is 17.8 Å². The molecule has 0 spiro atoms. The van der Waals surface area contributed by atoms with Crippen LogP contribution >= 0.6 is 0 Å². The zero-order chi connectivity index (χ0) is 47.9. The average Bonchev–Trinajstić information content (AvgIpc) is 3.36. The molecule has 16 heteroatoms. The van der Waals surface area contributed by atoms with Crippen molar-refractivity contribution in [2.75, 3.05) is 66.2 Å². The average molecular weight is 942 g/mol. The van der Waals surface area contributed by atoms with Crippen LogP contribution in [0.5, 0.6) is 23.0 Å². The number of nitrogens with one attached hydrogen (secondary N) is 1. The number of likely N-dealkylation sites (N-methyl/N-ethyl adjacent to an activating group) is 1. The summed E-state index contributed by atoms with van der Waals surface area (Å²) in [4.78, 5) is 35.6. The first-order valence-electron chi connectivity index (χ1n) is 23.8. The van der Waals surface area contributed by atoms with Crippen LogP contribution < -0.4 is 24.3 Å². The first-order valence-corrected chi connectivity index (χ1v) is 23.8. The van der Waals surface area contributed by atoms with Gasteiger partial charge >= 0.3 is 12.2 Å². The van der Waals surface area contributed by atoms with E-state index in [0.29, 0.717) is 61.1 Å². The molecule has 4 aliphatic rings. The smallest absolute Gasteiger partial charge is 0.417 e. The first kappa shape index (κ1) is 50.2. The van der Waals surface area contributed by atoms with E-state index >= 15 is 0 Å². The summed E-state index contributed by atoms with van der Waals surface area (Å²) in [5.74, 6) is -0.803. The summed E-state index contributed by atoms with van der Waals surface area (Å²) < 4.78 is 48.7. The molecule has 3 aromatic carbocycles. The summed E-state index contributed by atoms with van der Waals surface area (Å²) in [7, 11) is 4.72. The third-order valence-corrected chi connectivity index (χ3v) is 13.2. The Morgan fingerprint density at radius 1 is 0.956 bits per heavy atom. The number of amides is 2. The van der Waals surface area contributed by atoms with Crippen LogP contribution in [0.4, 0.5) is 15.3 Å². The number of carbonyl (C=O) groups is 2. The van der Waals surface area contributed by atoms with Crippen molar-refractivity contribution in [1.29, 1.82) is 0 Å². The highest BCUT2D eigenvalue weighted by Crippen LogP contribution is 2.62. The minimum atomic E-state index is -1.51. The van der Waals surface area contributed by atoms with Gasteiger partial charge in [0, 0.05) is 50.7 Å². The molecule has 2 aliphatic carbocycles. The minimum absolute atomic E-state index is 0.0112. The summed E-state index contributed by atoms with van der Waals surface area (Å²) in [5.41, 5.74) is 3.66. The topological polar surface area (TPSA) is 185 Å². The predicted octanol–water partition coefficient (Wildman–Crippen LogP) is 8.76. The van der Waals surface area contributed by atoms with Gasteiger partial charge in [-0.2, -0.15) is 0 Å². The van der Waals surface area contributed by atoms with Crippen LogP contribution in [0.3, 0.4) is 0 Å². The number of rotatable bonds is 23. The number of hydrogen-bond donors (Lipinski definition) is 3. The highest BCUT2D eigenvalue weighted by molar-refractivity contribution is 6.03. The van der Waals surface area contributed by atoms with Gasteiger partial charge in [-0.3, -0.25) is 5.32 Å². The second-order valence-electron chi connectivity index (χ2n) is 17.5. The van der Waals surface area contributed by atoms with Crippen LogP contribution in [0.15, 0.2) is 96.2 Å². The fraction of sp³-hybridized carbons (Fsp3) is 0.519. The fourth-order valence-electron chi connectivity index (χ4n) is 10.0. The minimum Gasteiger partial charge on any atom is -0.497 e. The van der Waals surface area contributed by atoms with E-state index in [1.807, 2.05) is 36.4 Å². The second kappa shape index (κ2) is 24.6. The number of carbonyl (C=O) groups excluding carboxylic acids is 2. The second-order valence-corrected chi connectivity index (χ2v) is 17.5. The number of fused-ring (bicyclic) bond motifs is 2. The molecule has 2 aliphatic heterocycles. The lowest BCUT2D eigenvalue weighted by Crippen LogP contribution is -2.69. The number of benzene rings is 3. The number of nitrogens with zero attached hydrogens (tertiary/aromatic N) is 2. The van der Waals surface area contributed by atoms with Crippen molar-refractivity contribution in [3.63, 3.8) is 0 Å². The molecule has 1 saturated heterocycles. The summed E-state index contributed by atoms with van der Waals surface area (Å²) in [5, 5.41) is 27.6. The Morgan fingerprint density at radius 2 is 1.75 bits per heavy atom. The normalized spacial score (nSPS) is 24.3. The zero-order valence-corrected chi connectivity index (χ0v) is 39.5. The van der Waals surface area contributed by atoms with Crippen molar-refractivity contribution in [1.82, 2.24) is 4.90 Å². The molecule has 7 atom stereocenters. The molecule has 0 radical (unpaired) electrons. The lowest BCUT2D eigenvalue weighted by Gasteiger charge is -2.59. The number of hydrogen-bond acceptors (Lipinski definition) is 14. The van der Waals surface area contributed by atoms with Crippen molar-refractivity contribution in [3.8, 4) is 23.0 Å². The third kappa shape index (κ3) is 12.0. The van der Waals surface area contributed by atoms with Crippen LogP contribution in [0.2, 0.25) is 0 Å². The monoisotopic (exact) mass is 941 g/mol. The summed E-state index contributed by atoms with van der Waals surface area (Å²) in [6.45, 7) is 5.33. The lowest BCUT2D eigenvalue weighted by molar-refractivity contribution is -0.254. The zero-order valence-electron chi connectivity index (χ0n) is 39.5. The molecule has 2 fully saturated rings. The van der Waals surface area contributed by atoms with E-state index in [9.17, 15) is 19.8 Å². The summed E-state index contributed by atoms with van der Waals surface area (Å²) in [6.07, 6.45) is 9.01. The summed E-state index contributed by atoms with van der Waals surface area (Å²) in [6, 6.07) is 19.3. The summed E-state index contributed by atoms with van der Waals surface area (Å²) >= 11 is 0. The van der Waals surface area contributed by atoms with Crippen molar-refractivity contribution in [3.05, 3.63) is 102 Å². The highest BCUT2D eigenvalue weighted by atomic mass is 16.8. The number of allylic oxidation sites excluding steroid dienone is 1. The van der Waals surface area contributed by atoms with Crippen LogP contribution in [-0.2, 0) is 30.4 Å². The molecule has 7 unspecified atom stereocenters. The van der Waals surface area contributed by atoms with Crippen molar-refractivity contribution in [2.45, 2.75) is 94.9 Å². The standard InChI is InChI=1S/C52H67N3O13/c1-5-26-65-52-46(55(2)51(59)64-29-28-62-34-35-15-7-6-8-16-35)33-43(54-68-47-19-11-14-27-63-47)40-30-36(17-9-12-24-56)39(18-10-13-25-57)48(49(40)52)41-31-38(21-23-44(41)67-52)66-50(58)53-42-22-20-37(60-3)32-45(42)61-4/h5-8,15-16,20-23,30-32,36,39,46-49,56-57H,1,9-14,17-19,24-29,33-34H2,2-4H3,(H,53,58). The molecule has 3 N–H and O–H groups in total. The van der Waals surface area contributed by atoms with Gasteiger partial charge in [-0.05, 0) is 91.8 Å². The highest BCUT2D eigenvalue weighted by Gasteiger charge is 2.65. The number of methoxy groups -OCH3 is 2. The largest absolute Gasteiger partial charge is 0.497 e. The van der Waals surface area contributed by atoms with Crippen molar-refractivity contribution in [2.24, 2.45) is 22.9 Å². The maximum absolute atomic E-state index is 14.3. The predicted molar refractivity (Wildman–Crippen MR) is 254 cm³/mol. The van der Waals surface area contributed by atoms with Gasteiger partial charge in [0.25, 0.3) is 0 Å². The molecular formula is C52H67N3O13. The quantitative estimate of drug-likeness (QED) is 0.0466. The Hall–Kier alpha value is -5.65. The molecule has 3 aromatic rings. The van der Waals surface area contributed by atoms with Crippen LogP contribution in [0.1, 0.15) is 81.3 Å². The number of ether oxygens (including phenoxy) is 8. The lowest BCUT2D eigenvalue weighted by atomic mass is 9.55. The van der Waals surface area contributed by atoms with E-state index in [1.54, 1.807) is 50.6 Å². The van der Waals surface area contributed by atoms with Crippen LogP contribution in [-0.4, -0.2) is 112 Å². The third-order valence-electron chi connectivity index (χ3n) is 13.2. The molecular weight excluding hydrogens is 875 g/mol. The van der Waals surface area contributed by atoms with E-state index in [1.165, 1.54) is 12.0 Å². The van der Waals surface area contributed by atoms with E-state index < -0.39 is 36.2 Å². The van der Waals surface area contributed by atoms with Gasteiger partial charge in [0.15, 0.2) is 0 Å². The molecule has 68 heavy (non-hydrogen) atoms. The van der Waals surface area contributed by atoms with Gasteiger partial charge in [-0.1, -0.05) is 60.5 Å². The molecule has 16 nitrogen and oxygen atoms in total.